The Labute approximate surface area is 114 Å². The van der Waals surface area contributed by atoms with E-state index in [1.807, 2.05) is 0 Å². The molecule has 19 heavy (non-hydrogen) atoms. The molecule has 4 fully saturated rings. The highest BCUT2D eigenvalue weighted by atomic mass is 16.6. The van der Waals surface area contributed by atoms with E-state index in [4.69, 9.17) is 9.47 Å². The topological polar surface area (TPSA) is 21.8 Å². The second kappa shape index (κ2) is 3.83. The van der Waals surface area contributed by atoms with Crippen LogP contribution in [0.5, 0.6) is 0 Å². The highest BCUT2D eigenvalue weighted by molar-refractivity contribution is 5.16. The Morgan fingerprint density at radius 1 is 1.05 bits per heavy atom. The largest absolute Gasteiger partial charge is 0.373 e. The zero-order valence-corrected chi connectivity index (χ0v) is 11.1. The summed E-state index contributed by atoms with van der Waals surface area (Å²) in [6, 6.07) is 10.6. The van der Waals surface area contributed by atoms with Crippen molar-refractivity contribution in [3.8, 4) is 0 Å². The molecule has 7 atom stereocenters. The van der Waals surface area contributed by atoms with E-state index < -0.39 is 0 Å². The van der Waals surface area contributed by atoms with Crippen LogP contribution in [0.1, 0.15) is 24.8 Å². The van der Waals surface area contributed by atoms with Crippen LogP contribution in [-0.2, 0) is 16.1 Å². The number of benzene rings is 1. The van der Waals surface area contributed by atoms with Gasteiger partial charge in [-0.1, -0.05) is 30.3 Å². The minimum Gasteiger partial charge on any atom is -0.373 e. The van der Waals surface area contributed by atoms with Crippen LogP contribution in [-0.4, -0.2) is 18.3 Å². The first-order valence-electron chi connectivity index (χ1n) is 7.71. The SMILES string of the molecule is c1ccc(CO[C@@H]2C[C@@H]3C[C@H]2C2C4OC4CC23)cc1. The van der Waals surface area contributed by atoms with E-state index in [1.54, 1.807) is 0 Å². The molecule has 100 valence electrons. The predicted octanol–water partition coefficient (Wildman–Crippen LogP) is 3.02. The Morgan fingerprint density at radius 3 is 2.84 bits per heavy atom. The number of hydrogen-bond acceptors (Lipinski definition) is 2. The lowest BCUT2D eigenvalue weighted by molar-refractivity contribution is -0.0313. The van der Waals surface area contributed by atoms with Gasteiger partial charge >= 0.3 is 0 Å². The van der Waals surface area contributed by atoms with Crippen LogP contribution in [0, 0.1) is 23.7 Å². The zero-order valence-electron chi connectivity index (χ0n) is 11.1. The Balaban J connectivity index is 1.28. The highest BCUT2D eigenvalue weighted by Gasteiger charge is 2.66. The highest BCUT2D eigenvalue weighted by Crippen LogP contribution is 2.64. The molecule has 1 saturated heterocycles. The Kier molecular flexibility index (Phi) is 2.19. The van der Waals surface area contributed by atoms with Crippen LogP contribution >= 0.6 is 0 Å². The molecular formula is C17H20O2. The maximum absolute atomic E-state index is 6.24. The summed E-state index contributed by atoms with van der Waals surface area (Å²) in [5.41, 5.74) is 1.30. The summed E-state index contributed by atoms with van der Waals surface area (Å²) in [6.45, 7) is 0.779. The van der Waals surface area contributed by atoms with Crippen molar-refractivity contribution in [1.82, 2.24) is 0 Å². The molecule has 0 amide bonds. The molecule has 2 bridgehead atoms. The minimum absolute atomic E-state index is 0.495. The van der Waals surface area contributed by atoms with Gasteiger partial charge in [0.05, 0.1) is 24.9 Å². The first-order chi connectivity index (χ1) is 9.40. The molecule has 2 nitrogen and oxygen atoms in total. The Hall–Kier alpha value is -0.860. The molecule has 0 aromatic heterocycles. The molecule has 3 saturated carbocycles. The number of ether oxygens (including phenoxy) is 2. The lowest BCUT2D eigenvalue weighted by Crippen LogP contribution is -2.33. The lowest BCUT2D eigenvalue weighted by atomic mass is 9.79. The van der Waals surface area contributed by atoms with Gasteiger partial charge in [0.1, 0.15) is 0 Å². The van der Waals surface area contributed by atoms with Crippen molar-refractivity contribution >= 4 is 0 Å². The second-order valence-corrected chi connectivity index (χ2v) is 6.85. The van der Waals surface area contributed by atoms with Gasteiger partial charge in [0.25, 0.3) is 0 Å². The van der Waals surface area contributed by atoms with Crippen molar-refractivity contribution in [2.75, 3.05) is 0 Å². The number of epoxide rings is 1. The lowest BCUT2D eigenvalue weighted by Gasteiger charge is -2.32. The van der Waals surface area contributed by atoms with Crippen LogP contribution in [0.15, 0.2) is 30.3 Å². The fourth-order valence-corrected chi connectivity index (χ4v) is 5.22. The number of rotatable bonds is 3. The minimum atomic E-state index is 0.495. The van der Waals surface area contributed by atoms with E-state index >= 15 is 0 Å². The standard InChI is InChI=1S/C17H20O2/c1-2-4-10(5-3-1)9-18-14-7-11-6-13(14)16-12(11)8-15-17(16)19-15/h1-5,11-17H,6-9H2/t11-,12?,13+,14+,15?,16?,17?/m0/s1. The molecule has 0 radical (unpaired) electrons. The fraction of sp³-hybridized carbons (Fsp3) is 0.647. The van der Waals surface area contributed by atoms with E-state index in [2.05, 4.69) is 30.3 Å². The molecule has 0 spiro atoms. The maximum Gasteiger partial charge on any atom is 0.0876 e. The maximum atomic E-state index is 6.24. The van der Waals surface area contributed by atoms with Crippen LogP contribution in [0.4, 0.5) is 0 Å². The van der Waals surface area contributed by atoms with Crippen molar-refractivity contribution in [1.29, 1.82) is 0 Å². The zero-order chi connectivity index (χ0) is 12.4. The van der Waals surface area contributed by atoms with E-state index in [0.29, 0.717) is 18.3 Å². The molecule has 1 aliphatic heterocycles. The summed E-state index contributed by atoms with van der Waals surface area (Å²) in [4.78, 5) is 0. The molecule has 3 aliphatic carbocycles. The van der Waals surface area contributed by atoms with Gasteiger partial charge in [0, 0.05) is 0 Å². The van der Waals surface area contributed by atoms with Gasteiger partial charge in [-0.25, -0.2) is 0 Å². The molecule has 0 N–H and O–H groups in total. The number of hydrogen-bond donors (Lipinski definition) is 0. The first kappa shape index (κ1) is 10.9. The van der Waals surface area contributed by atoms with Gasteiger partial charge in [-0.05, 0) is 48.5 Å². The normalized spacial score (nSPS) is 49.2. The molecular weight excluding hydrogens is 236 g/mol. The molecule has 1 heterocycles. The van der Waals surface area contributed by atoms with Crippen molar-refractivity contribution in [2.24, 2.45) is 23.7 Å². The summed E-state index contributed by atoms with van der Waals surface area (Å²) >= 11 is 0. The molecule has 1 aromatic rings. The molecule has 4 unspecified atom stereocenters. The van der Waals surface area contributed by atoms with Crippen LogP contribution < -0.4 is 0 Å². The van der Waals surface area contributed by atoms with Gasteiger partial charge in [0.2, 0.25) is 0 Å². The average molecular weight is 256 g/mol. The summed E-state index contributed by atoms with van der Waals surface area (Å²) in [6.07, 6.45) is 5.80. The average Bonchev–Trinajstić information content (AvgIpc) is 2.84. The van der Waals surface area contributed by atoms with Gasteiger partial charge in [-0.15, -0.1) is 0 Å². The summed E-state index contributed by atoms with van der Waals surface area (Å²) in [5.74, 6) is 3.54. The summed E-state index contributed by atoms with van der Waals surface area (Å²) in [7, 11) is 0. The van der Waals surface area contributed by atoms with E-state index in [1.165, 1.54) is 24.8 Å². The summed E-state index contributed by atoms with van der Waals surface area (Å²) < 4.78 is 12.0. The fourth-order valence-electron chi connectivity index (χ4n) is 5.22. The Morgan fingerprint density at radius 2 is 1.95 bits per heavy atom. The Bertz CT molecular complexity index is 485. The van der Waals surface area contributed by atoms with Crippen LogP contribution in [0.2, 0.25) is 0 Å². The van der Waals surface area contributed by atoms with Crippen LogP contribution in [0.3, 0.4) is 0 Å². The van der Waals surface area contributed by atoms with Gasteiger partial charge < -0.3 is 9.47 Å². The quantitative estimate of drug-likeness (QED) is 0.775. The van der Waals surface area contributed by atoms with Gasteiger partial charge in [0.15, 0.2) is 0 Å². The van der Waals surface area contributed by atoms with Crippen molar-refractivity contribution in [2.45, 2.75) is 44.2 Å². The second-order valence-electron chi connectivity index (χ2n) is 6.85. The third-order valence-corrected chi connectivity index (χ3v) is 5.99. The van der Waals surface area contributed by atoms with Crippen LogP contribution in [0.25, 0.3) is 0 Å². The van der Waals surface area contributed by atoms with Crippen molar-refractivity contribution < 1.29 is 9.47 Å². The third-order valence-electron chi connectivity index (χ3n) is 5.99. The molecule has 4 aliphatic rings. The van der Waals surface area contributed by atoms with Gasteiger partial charge in [-0.2, -0.15) is 0 Å². The molecule has 5 rings (SSSR count). The third kappa shape index (κ3) is 1.56. The smallest absolute Gasteiger partial charge is 0.0876 e. The van der Waals surface area contributed by atoms with Crippen molar-refractivity contribution in [3.63, 3.8) is 0 Å². The molecule has 2 heteroatoms. The van der Waals surface area contributed by atoms with Crippen molar-refractivity contribution in [3.05, 3.63) is 35.9 Å². The van der Waals surface area contributed by atoms with E-state index in [0.717, 1.165) is 30.3 Å². The van der Waals surface area contributed by atoms with Gasteiger partial charge in [-0.3, -0.25) is 0 Å². The summed E-state index contributed by atoms with van der Waals surface area (Å²) in [5, 5.41) is 0. The monoisotopic (exact) mass is 256 g/mol. The van der Waals surface area contributed by atoms with E-state index in [9.17, 15) is 0 Å². The predicted molar refractivity (Wildman–Crippen MR) is 71.5 cm³/mol. The van der Waals surface area contributed by atoms with E-state index in [-0.39, 0.29) is 0 Å². The number of fused-ring (bicyclic) bond motifs is 7. The first-order valence-corrected chi connectivity index (χ1v) is 7.71. The molecule has 1 aromatic carbocycles.